The van der Waals surface area contributed by atoms with Crippen LogP contribution in [0.3, 0.4) is 0 Å². The van der Waals surface area contributed by atoms with E-state index in [2.05, 4.69) is 43.5 Å². The monoisotopic (exact) mass is 266 g/mol. The van der Waals surface area contributed by atoms with Gasteiger partial charge in [0.1, 0.15) is 0 Å². The number of hydrogen-bond donors (Lipinski definition) is 2. The van der Waals surface area contributed by atoms with E-state index in [0.29, 0.717) is 25.7 Å². The third-order valence-electron chi connectivity index (χ3n) is 3.12. The fraction of sp³-hybridized carbons (Fsp3) is 0.600. The molecule has 3 N–H and O–H groups in total. The fourth-order valence-corrected chi connectivity index (χ4v) is 1.86. The van der Waals surface area contributed by atoms with Crippen LogP contribution >= 0.6 is 0 Å². The molecule has 4 heteroatoms. The van der Waals surface area contributed by atoms with Gasteiger partial charge in [0.25, 0.3) is 0 Å². The first-order valence-electron chi connectivity index (χ1n) is 6.79. The summed E-state index contributed by atoms with van der Waals surface area (Å²) in [4.78, 5) is 0. The van der Waals surface area contributed by atoms with Gasteiger partial charge in [-0.05, 0) is 23.5 Å². The quantitative estimate of drug-likeness (QED) is 0.407. The van der Waals surface area contributed by atoms with Gasteiger partial charge >= 0.3 is 0 Å². The van der Waals surface area contributed by atoms with Crippen molar-refractivity contribution in [1.82, 2.24) is 5.43 Å². The Morgan fingerprint density at radius 3 is 2.37 bits per heavy atom. The van der Waals surface area contributed by atoms with Crippen LogP contribution in [-0.2, 0) is 15.9 Å². The molecule has 4 nitrogen and oxygen atoms in total. The molecule has 0 aliphatic heterocycles. The number of ether oxygens (including phenoxy) is 2. The highest BCUT2D eigenvalue weighted by molar-refractivity contribution is 5.25. The standard InChI is InChI=1S/C15H26N2O2/c1-12(2)14-6-4-13(5-7-14)10-15(17-16)11-19-9-8-18-3/h4-7,12,15,17H,8-11,16H2,1-3H3. The maximum absolute atomic E-state index is 5.55. The summed E-state index contributed by atoms with van der Waals surface area (Å²) in [7, 11) is 1.66. The largest absolute Gasteiger partial charge is 0.382 e. The van der Waals surface area contributed by atoms with Gasteiger partial charge in [-0.15, -0.1) is 0 Å². The Balaban J connectivity index is 2.41. The lowest BCUT2D eigenvalue weighted by Crippen LogP contribution is -2.40. The van der Waals surface area contributed by atoms with Gasteiger partial charge < -0.3 is 9.47 Å². The summed E-state index contributed by atoms with van der Waals surface area (Å²) in [6.07, 6.45) is 0.863. The second kappa shape index (κ2) is 9.04. The average molecular weight is 266 g/mol. The second-order valence-corrected chi connectivity index (χ2v) is 5.03. The molecule has 0 radical (unpaired) electrons. The molecule has 0 aliphatic rings. The molecule has 0 amide bonds. The molecule has 1 unspecified atom stereocenters. The number of methoxy groups -OCH3 is 1. The van der Waals surface area contributed by atoms with E-state index >= 15 is 0 Å². The van der Waals surface area contributed by atoms with E-state index in [1.807, 2.05) is 0 Å². The highest BCUT2D eigenvalue weighted by Gasteiger charge is 2.08. The predicted octanol–water partition coefficient (Wildman–Crippen LogP) is 1.85. The zero-order valence-corrected chi connectivity index (χ0v) is 12.2. The molecular formula is C15H26N2O2. The van der Waals surface area contributed by atoms with Crippen LogP contribution in [0.1, 0.15) is 30.9 Å². The maximum Gasteiger partial charge on any atom is 0.0701 e. The Morgan fingerprint density at radius 1 is 1.16 bits per heavy atom. The lowest BCUT2D eigenvalue weighted by Gasteiger charge is -2.16. The van der Waals surface area contributed by atoms with Gasteiger partial charge in [-0.25, -0.2) is 0 Å². The maximum atomic E-state index is 5.55. The van der Waals surface area contributed by atoms with Crippen LogP contribution < -0.4 is 11.3 Å². The van der Waals surface area contributed by atoms with Crippen molar-refractivity contribution in [2.75, 3.05) is 26.9 Å². The molecule has 1 aromatic carbocycles. The Morgan fingerprint density at radius 2 is 1.84 bits per heavy atom. The summed E-state index contributed by atoms with van der Waals surface area (Å²) < 4.78 is 10.4. The van der Waals surface area contributed by atoms with E-state index in [1.165, 1.54) is 11.1 Å². The van der Waals surface area contributed by atoms with Crippen LogP contribution in [0.4, 0.5) is 0 Å². The lowest BCUT2D eigenvalue weighted by atomic mass is 9.99. The van der Waals surface area contributed by atoms with E-state index in [0.717, 1.165) is 6.42 Å². The first kappa shape index (κ1) is 16.1. The zero-order chi connectivity index (χ0) is 14.1. The van der Waals surface area contributed by atoms with Crippen molar-refractivity contribution in [3.8, 4) is 0 Å². The molecule has 0 saturated heterocycles. The smallest absolute Gasteiger partial charge is 0.0701 e. The summed E-state index contributed by atoms with van der Waals surface area (Å²) in [6, 6.07) is 8.81. The summed E-state index contributed by atoms with van der Waals surface area (Å²) in [5.74, 6) is 6.12. The topological polar surface area (TPSA) is 56.5 Å². The van der Waals surface area contributed by atoms with Crippen molar-refractivity contribution < 1.29 is 9.47 Å². The molecule has 0 aromatic heterocycles. The minimum Gasteiger partial charge on any atom is -0.382 e. The summed E-state index contributed by atoms with van der Waals surface area (Å²) >= 11 is 0. The van der Waals surface area contributed by atoms with Crippen molar-refractivity contribution in [2.45, 2.75) is 32.2 Å². The normalized spacial score (nSPS) is 12.9. The molecule has 0 aliphatic carbocycles. The van der Waals surface area contributed by atoms with E-state index in [-0.39, 0.29) is 6.04 Å². The third-order valence-corrected chi connectivity index (χ3v) is 3.12. The summed E-state index contributed by atoms with van der Waals surface area (Å²) in [5, 5.41) is 0. The van der Waals surface area contributed by atoms with Gasteiger partial charge in [0, 0.05) is 13.2 Å². The number of hydrazine groups is 1. The summed E-state index contributed by atoms with van der Waals surface area (Å²) in [6.45, 7) is 6.19. The van der Waals surface area contributed by atoms with Crippen molar-refractivity contribution in [3.05, 3.63) is 35.4 Å². The molecule has 1 atom stereocenters. The van der Waals surface area contributed by atoms with E-state index in [9.17, 15) is 0 Å². The van der Waals surface area contributed by atoms with Crippen LogP contribution in [0, 0.1) is 0 Å². The SMILES string of the molecule is COCCOCC(Cc1ccc(C(C)C)cc1)NN. The van der Waals surface area contributed by atoms with Gasteiger partial charge in [-0.2, -0.15) is 0 Å². The molecule has 1 aromatic rings. The number of rotatable bonds is 9. The zero-order valence-electron chi connectivity index (χ0n) is 12.2. The van der Waals surface area contributed by atoms with Gasteiger partial charge in [0.2, 0.25) is 0 Å². The number of hydrogen-bond acceptors (Lipinski definition) is 4. The van der Waals surface area contributed by atoms with Gasteiger partial charge in [-0.3, -0.25) is 11.3 Å². The minimum absolute atomic E-state index is 0.127. The molecule has 0 saturated carbocycles. The Labute approximate surface area is 116 Å². The highest BCUT2D eigenvalue weighted by Crippen LogP contribution is 2.15. The lowest BCUT2D eigenvalue weighted by molar-refractivity contribution is 0.0587. The molecule has 1 rings (SSSR count). The first-order valence-corrected chi connectivity index (χ1v) is 6.79. The van der Waals surface area contributed by atoms with Crippen LogP contribution in [-0.4, -0.2) is 33.0 Å². The average Bonchev–Trinajstić information content (AvgIpc) is 2.42. The van der Waals surface area contributed by atoms with Crippen molar-refractivity contribution in [3.63, 3.8) is 0 Å². The molecule has 108 valence electrons. The van der Waals surface area contributed by atoms with Crippen molar-refractivity contribution >= 4 is 0 Å². The Bertz CT molecular complexity index is 339. The van der Waals surface area contributed by atoms with Gasteiger partial charge in [-0.1, -0.05) is 38.1 Å². The van der Waals surface area contributed by atoms with Crippen LogP contribution in [0.5, 0.6) is 0 Å². The molecular weight excluding hydrogens is 240 g/mol. The second-order valence-electron chi connectivity index (χ2n) is 5.03. The predicted molar refractivity (Wildman–Crippen MR) is 78.0 cm³/mol. The van der Waals surface area contributed by atoms with Gasteiger partial charge in [0.15, 0.2) is 0 Å². The number of benzene rings is 1. The number of nitrogens with two attached hydrogens (primary N) is 1. The molecule has 0 fully saturated rings. The minimum atomic E-state index is 0.127. The Hall–Kier alpha value is -0.940. The van der Waals surface area contributed by atoms with Crippen molar-refractivity contribution in [1.29, 1.82) is 0 Å². The third kappa shape index (κ3) is 6.16. The van der Waals surface area contributed by atoms with Gasteiger partial charge in [0.05, 0.1) is 19.8 Å². The molecule has 0 spiro atoms. The Kier molecular flexibility index (Phi) is 7.67. The van der Waals surface area contributed by atoms with E-state index in [1.54, 1.807) is 7.11 Å². The number of nitrogens with one attached hydrogen (secondary N) is 1. The van der Waals surface area contributed by atoms with E-state index in [4.69, 9.17) is 15.3 Å². The first-order chi connectivity index (χ1) is 9.17. The summed E-state index contributed by atoms with van der Waals surface area (Å²) in [5.41, 5.74) is 5.42. The van der Waals surface area contributed by atoms with Crippen LogP contribution in [0.15, 0.2) is 24.3 Å². The van der Waals surface area contributed by atoms with Crippen molar-refractivity contribution in [2.24, 2.45) is 5.84 Å². The molecule has 19 heavy (non-hydrogen) atoms. The van der Waals surface area contributed by atoms with E-state index < -0.39 is 0 Å². The highest BCUT2D eigenvalue weighted by atomic mass is 16.5. The fourth-order valence-electron chi connectivity index (χ4n) is 1.86. The molecule has 0 heterocycles. The van der Waals surface area contributed by atoms with Crippen LogP contribution in [0.2, 0.25) is 0 Å². The molecule has 0 bridgehead atoms. The van der Waals surface area contributed by atoms with Crippen LogP contribution in [0.25, 0.3) is 0 Å².